The van der Waals surface area contributed by atoms with Crippen molar-refractivity contribution in [3.63, 3.8) is 0 Å². The molecule has 42 heavy (non-hydrogen) atoms. The number of carbonyl (C=O) groups excluding carboxylic acids is 1. The summed E-state index contributed by atoms with van der Waals surface area (Å²) < 4.78 is 48.3. The monoisotopic (exact) mass is 587 g/mol. The Labute approximate surface area is 245 Å². The second-order valence-corrected chi connectivity index (χ2v) is 12.2. The zero-order chi connectivity index (χ0) is 30.8. The van der Waals surface area contributed by atoms with E-state index in [0.29, 0.717) is 43.3 Å². The number of hydrazine groups is 1. The number of aryl methyl sites for hydroxylation is 1. The molecular formula is C30H40F3N7O2. The number of amides is 1. The molecule has 0 saturated carbocycles. The fourth-order valence-corrected chi connectivity index (χ4v) is 5.91. The van der Waals surface area contributed by atoms with Gasteiger partial charge in [-0.05, 0) is 76.6 Å². The van der Waals surface area contributed by atoms with Gasteiger partial charge in [-0.3, -0.25) is 4.90 Å². The van der Waals surface area contributed by atoms with Gasteiger partial charge in [-0.1, -0.05) is 12.1 Å². The maximum atomic E-state index is 14.2. The van der Waals surface area contributed by atoms with Crippen LogP contribution in [-0.4, -0.2) is 72.8 Å². The number of carbonyl (C=O) groups is 1. The van der Waals surface area contributed by atoms with Gasteiger partial charge in [0, 0.05) is 45.3 Å². The third-order valence-electron chi connectivity index (χ3n) is 7.84. The van der Waals surface area contributed by atoms with Crippen molar-refractivity contribution >= 4 is 17.5 Å². The van der Waals surface area contributed by atoms with Crippen molar-refractivity contribution in [2.45, 2.75) is 64.3 Å². The molecule has 2 atom stereocenters. The summed E-state index contributed by atoms with van der Waals surface area (Å²) in [5.74, 6) is 6.39. The number of hydrogen-bond acceptors (Lipinski definition) is 8. The number of halogens is 3. The van der Waals surface area contributed by atoms with E-state index in [0.717, 1.165) is 25.5 Å². The Hall–Kier alpha value is -3.56. The van der Waals surface area contributed by atoms with E-state index in [9.17, 15) is 23.2 Å². The second kappa shape index (κ2) is 12.4. The first-order valence-electron chi connectivity index (χ1n) is 14.2. The van der Waals surface area contributed by atoms with Crippen LogP contribution in [0, 0.1) is 17.2 Å². The average Bonchev–Trinajstić information content (AvgIpc) is 3.15. The first kappa shape index (κ1) is 31.4. The van der Waals surface area contributed by atoms with Crippen molar-refractivity contribution in [2.75, 3.05) is 50.6 Å². The van der Waals surface area contributed by atoms with Gasteiger partial charge >= 0.3 is 12.3 Å². The molecule has 228 valence electrons. The molecule has 3 N–H and O–H groups in total. The Bertz CT molecular complexity index is 1330. The molecular weight excluding hydrogens is 547 g/mol. The molecule has 4 rings (SSSR count). The van der Waals surface area contributed by atoms with E-state index in [1.54, 1.807) is 31.1 Å². The van der Waals surface area contributed by atoms with E-state index in [2.05, 4.69) is 15.2 Å². The summed E-state index contributed by atoms with van der Waals surface area (Å²) >= 11 is 0. The predicted molar refractivity (Wildman–Crippen MR) is 156 cm³/mol. The molecule has 2 unspecified atom stereocenters. The fourth-order valence-electron chi connectivity index (χ4n) is 5.91. The number of pyridine rings is 1. The molecule has 2 aliphatic rings. The Balaban J connectivity index is 1.49. The van der Waals surface area contributed by atoms with Crippen molar-refractivity contribution < 1.29 is 22.7 Å². The number of likely N-dealkylation sites (tertiary alicyclic amines) is 2. The van der Waals surface area contributed by atoms with Gasteiger partial charge in [0.2, 0.25) is 0 Å². The van der Waals surface area contributed by atoms with Crippen LogP contribution >= 0.6 is 0 Å². The number of benzene rings is 1. The van der Waals surface area contributed by atoms with Crippen LogP contribution in [0.15, 0.2) is 24.3 Å². The molecule has 0 spiro atoms. The summed E-state index contributed by atoms with van der Waals surface area (Å²) in [7, 11) is 3.20. The number of aromatic nitrogens is 1. The first-order valence-corrected chi connectivity index (χ1v) is 14.2. The number of anilines is 2. The number of nitrogens with one attached hydrogen (secondary N) is 1. The summed E-state index contributed by atoms with van der Waals surface area (Å²) in [6, 6.07) is 7.94. The summed E-state index contributed by atoms with van der Waals surface area (Å²) in [4.78, 5) is 21.1. The lowest BCUT2D eigenvalue weighted by Gasteiger charge is -2.33. The van der Waals surface area contributed by atoms with Gasteiger partial charge in [0.05, 0.1) is 22.6 Å². The number of alkyl halides is 3. The lowest BCUT2D eigenvalue weighted by Crippen LogP contribution is -2.46. The van der Waals surface area contributed by atoms with Gasteiger partial charge in [-0.15, -0.1) is 0 Å². The molecule has 12 heteroatoms. The first-order chi connectivity index (χ1) is 19.7. The minimum atomic E-state index is -4.56. The van der Waals surface area contributed by atoms with Crippen molar-refractivity contribution in [3.05, 3.63) is 41.1 Å². The predicted octanol–water partition coefficient (Wildman–Crippen LogP) is 5.25. The highest BCUT2D eigenvalue weighted by Crippen LogP contribution is 2.38. The van der Waals surface area contributed by atoms with Gasteiger partial charge in [0.25, 0.3) is 0 Å². The Morgan fingerprint density at radius 1 is 1.26 bits per heavy atom. The zero-order valence-corrected chi connectivity index (χ0v) is 24.9. The van der Waals surface area contributed by atoms with Crippen LogP contribution in [0.1, 0.15) is 56.9 Å². The lowest BCUT2D eigenvalue weighted by molar-refractivity contribution is -0.138. The van der Waals surface area contributed by atoms with Crippen molar-refractivity contribution in [2.24, 2.45) is 11.8 Å². The smallest absolute Gasteiger partial charge is 0.416 e. The molecule has 2 fully saturated rings. The molecule has 1 amide bonds. The molecule has 2 bridgehead atoms. The van der Waals surface area contributed by atoms with E-state index in [1.807, 2.05) is 26.8 Å². The maximum Gasteiger partial charge on any atom is 0.416 e. The molecule has 2 saturated heterocycles. The zero-order valence-electron chi connectivity index (χ0n) is 24.9. The summed E-state index contributed by atoms with van der Waals surface area (Å²) in [5.41, 5.74) is 0.282. The van der Waals surface area contributed by atoms with Gasteiger partial charge in [0.1, 0.15) is 11.7 Å². The van der Waals surface area contributed by atoms with Gasteiger partial charge in [0.15, 0.2) is 5.69 Å². The average molecular weight is 588 g/mol. The van der Waals surface area contributed by atoms with Crippen LogP contribution < -0.4 is 16.2 Å². The Kier molecular flexibility index (Phi) is 9.23. The third-order valence-corrected chi connectivity index (χ3v) is 7.84. The SMILES string of the molecule is CNc1c(N(C)N)cc(-c2ccc(CCCN3CC4CCN(C(=O)OC(C)(C)C)CC3C4)c(C(F)(F)F)c2)nc1C#N. The molecule has 1 aromatic carbocycles. The molecule has 3 heterocycles. The van der Waals surface area contributed by atoms with Gasteiger partial charge in [-0.2, -0.15) is 18.4 Å². The topological polar surface area (TPSA) is 111 Å². The van der Waals surface area contributed by atoms with Crippen LogP contribution in [0.25, 0.3) is 11.3 Å². The molecule has 0 radical (unpaired) electrons. The normalized spacial score (nSPS) is 19.3. The van der Waals surface area contributed by atoms with Crippen LogP contribution in [0.3, 0.4) is 0 Å². The summed E-state index contributed by atoms with van der Waals surface area (Å²) in [6.45, 7) is 8.31. The van der Waals surface area contributed by atoms with E-state index in [4.69, 9.17) is 10.6 Å². The van der Waals surface area contributed by atoms with Crippen molar-refractivity contribution in [3.8, 4) is 17.3 Å². The molecule has 9 nitrogen and oxygen atoms in total. The largest absolute Gasteiger partial charge is 0.444 e. The molecule has 1 aromatic heterocycles. The molecule has 0 aliphatic carbocycles. The second-order valence-electron chi connectivity index (χ2n) is 12.2. The number of fused-ring (bicyclic) bond motifs is 2. The van der Waals surface area contributed by atoms with Crippen LogP contribution in [0.4, 0.5) is 29.3 Å². The Morgan fingerprint density at radius 2 is 2.00 bits per heavy atom. The molecule has 2 aromatic rings. The van der Waals surface area contributed by atoms with E-state index >= 15 is 0 Å². The van der Waals surface area contributed by atoms with E-state index in [1.165, 1.54) is 11.1 Å². The number of hydrogen-bond donors (Lipinski definition) is 2. The maximum absolute atomic E-state index is 14.2. The van der Waals surface area contributed by atoms with Crippen molar-refractivity contribution in [1.82, 2.24) is 14.8 Å². The fraction of sp³-hybridized carbons (Fsp3) is 0.567. The minimum Gasteiger partial charge on any atom is -0.444 e. The lowest BCUT2D eigenvalue weighted by atomic mass is 9.97. The highest BCUT2D eigenvalue weighted by molar-refractivity contribution is 5.79. The molecule has 2 aliphatic heterocycles. The van der Waals surface area contributed by atoms with Crippen molar-refractivity contribution in [1.29, 1.82) is 5.26 Å². The van der Waals surface area contributed by atoms with Gasteiger partial charge in [-0.25, -0.2) is 15.6 Å². The minimum absolute atomic E-state index is 0.0387. The number of rotatable bonds is 7. The van der Waals surface area contributed by atoms with Crippen LogP contribution in [0.2, 0.25) is 0 Å². The number of nitrogens with zero attached hydrogens (tertiary/aromatic N) is 5. The number of ether oxygens (including phenoxy) is 1. The summed E-state index contributed by atoms with van der Waals surface area (Å²) in [5, 5.41) is 13.8. The highest BCUT2D eigenvalue weighted by Gasteiger charge is 2.38. The number of nitriles is 1. The standard InChI is InChI=1S/C30H40F3N7O2/c1-29(2,3)42-28(41)40-12-10-19-13-22(18-40)39(17-19)11-6-7-20-8-9-21(14-23(20)30(31,32)33)24-15-26(38(5)35)27(36-4)25(16-34)37-24/h8-9,14-15,19,22,36H,6-7,10-13,17-18,35H2,1-5H3. The third kappa shape index (κ3) is 7.25. The quantitative estimate of drug-likeness (QED) is 0.334. The van der Waals surface area contributed by atoms with E-state index < -0.39 is 17.3 Å². The van der Waals surface area contributed by atoms with E-state index in [-0.39, 0.29) is 41.1 Å². The Morgan fingerprint density at radius 3 is 2.62 bits per heavy atom. The van der Waals surface area contributed by atoms with Crippen LogP contribution in [-0.2, 0) is 17.3 Å². The highest BCUT2D eigenvalue weighted by atomic mass is 19.4. The van der Waals surface area contributed by atoms with Crippen LogP contribution in [0.5, 0.6) is 0 Å². The van der Waals surface area contributed by atoms with Gasteiger partial charge < -0.3 is 20.0 Å². The summed E-state index contributed by atoms with van der Waals surface area (Å²) in [6.07, 6.45) is -2.19. The number of nitrogens with two attached hydrogens (primary N) is 1.